The minimum Gasteiger partial charge on any atom is -0.395 e. The van der Waals surface area contributed by atoms with Gasteiger partial charge in [0, 0.05) is 25.4 Å². The Bertz CT molecular complexity index is 182. The third-order valence-electron chi connectivity index (χ3n) is 2.99. The van der Waals surface area contributed by atoms with Crippen molar-refractivity contribution in [2.24, 2.45) is 5.92 Å². The smallest absolute Gasteiger partial charge is 0.134 e. The normalized spacial score (nSPS) is 29.7. The molecule has 0 saturated heterocycles. The van der Waals surface area contributed by atoms with Crippen LogP contribution in [0.15, 0.2) is 0 Å². The van der Waals surface area contributed by atoms with Crippen LogP contribution in [0.3, 0.4) is 0 Å². The van der Waals surface area contributed by atoms with Crippen LogP contribution in [0.5, 0.6) is 0 Å². The summed E-state index contributed by atoms with van der Waals surface area (Å²) in [6, 6.07) is 0.341. The van der Waals surface area contributed by atoms with Gasteiger partial charge in [-0.15, -0.1) is 0 Å². The number of carbonyl (C=O) groups is 1. The van der Waals surface area contributed by atoms with Crippen LogP contribution in [0.25, 0.3) is 0 Å². The van der Waals surface area contributed by atoms with Crippen molar-refractivity contribution < 1.29 is 9.90 Å². The third kappa shape index (κ3) is 2.78. The number of aliphatic hydroxyl groups is 1. The zero-order valence-corrected chi connectivity index (χ0v) is 8.49. The largest absolute Gasteiger partial charge is 0.395 e. The van der Waals surface area contributed by atoms with E-state index >= 15 is 0 Å². The van der Waals surface area contributed by atoms with E-state index in [0.717, 1.165) is 12.8 Å². The van der Waals surface area contributed by atoms with Crippen molar-refractivity contribution in [3.8, 4) is 0 Å². The van der Waals surface area contributed by atoms with Crippen LogP contribution in [-0.4, -0.2) is 42.0 Å². The molecular weight excluding hydrogens is 166 g/mol. The highest BCUT2D eigenvalue weighted by Gasteiger charge is 2.28. The molecule has 3 heteroatoms. The number of Topliss-reactive ketones (excluding diaryl/α,β-unsaturated/α-hetero) is 1. The first-order valence-corrected chi connectivity index (χ1v) is 4.98. The van der Waals surface area contributed by atoms with Gasteiger partial charge in [0.25, 0.3) is 0 Å². The molecule has 2 unspecified atom stereocenters. The second-order valence-corrected chi connectivity index (χ2v) is 4.03. The van der Waals surface area contributed by atoms with Gasteiger partial charge in [-0.3, -0.25) is 4.79 Å². The Morgan fingerprint density at radius 1 is 1.62 bits per heavy atom. The fourth-order valence-corrected chi connectivity index (χ4v) is 2.03. The number of aliphatic hydroxyl groups excluding tert-OH is 1. The summed E-state index contributed by atoms with van der Waals surface area (Å²) in [5.41, 5.74) is 0. The molecule has 2 atom stereocenters. The summed E-state index contributed by atoms with van der Waals surface area (Å²) < 4.78 is 0. The van der Waals surface area contributed by atoms with E-state index in [1.807, 2.05) is 7.05 Å². The molecule has 1 aliphatic rings. The second kappa shape index (κ2) is 4.72. The lowest BCUT2D eigenvalue weighted by atomic mass is 9.84. The van der Waals surface area contributed by atoms with Crippen LogP contribution in [0.1, 0.15) is 26.2 Å². The number of nitrogens with zero attached hydrogens (tertiary/aromatic N) is 1. The molecule has 13 heavy (non-hydrogen) atoms. The summed E-state index contributed by atoms with van der Waals surface area (Å²) in [5.74, 6) is 0.946. The fourth-order valence-electron chi connectivity index (χ4n) is 2.03. The SMILES string of the molecule is CC1CCC(=O)CC1N(C)CCO. The Morgan fingerprint density at radius 2 is 2.31 bits per heavy atom. The van der Waals surface area contributed by atoms with E-state index in [0.29, 0.717) is 30.7 Å². The summed E-state index contributed by atoms with van der Waals surface area (Å²) in [7, 11) is 1.98. The molecule has 1 rings (SSSR count). The fraction of sp³-hybridized carbons (Fsp3) is 0.900. The number of ketones is 1. The maximum Gasteiger partial charge on any atom is 0.134 e. The van der Waals surface area contributed by atoms with Crippen LogP contribution < -0.4 is 0 Å². The first-order valence-electron chi connectivity index (χ1n) is 4.98. The zero-order chi connectivity index (χ0) is 9.84. The summed E-state index contributed by atoms with van der Waals surface area (Å²) >= 11 is 0. The quantitative estimate of drug-likeness (QED) is 0.702. The Morgan fingerprint density at radius 3 is 2.92 bits per heavy atom. The molecule has 76 valence electrons. The van der Waals surface area contributed by atoms with Gasteiger partial charge in [-0.2, -0.15) is 0 Å². The van der Waals surface area contributed by atoms with Gasteiger partial charge >= 0.3 is 0 Å². The van der Waals surface area contributed by atoms with E-state index < -0.39 is 0 Å². The molecule has 0 aromatic carbocycles. The summed E-state index contributed by atoms with van der Waals surface area (Å²) in [6.45, 7) is 3.03. The highest BCUT2D eigenvalue weighted by Crippen LogP contribution is 2.24. The van der Waals surface area contributed by atoms with E-state index in [2.05, 4.69) is 11.8 Å². The van der Waals surface area contributed by atoms with Gasteiger partial charge in [0.05, 0.1) is 6.61 Å². The minimum absolute atomic E-state index is 0.175. The highest BCUT2D eigenvalue weighted by atomic mass is 16.3. The molecule has 0 amide bonds. The number of carbonyl (C=O) groups excluding carboxylic acids is 1. The molecule has 0 aliphatic heterocycles. The first kappa shape index (κ1) is 10.7. The Kier molecular flexibility index (Phi) is 3.88. The molecule has 0 aromatic rings. The van der Waals surface area contributed by atoms with Gasteiger partial charge in [-0.25, -0.2) is 0 Å². The highest BCUT2D eigenvalue weighted by molar-refractivity contribution is 5.79. The topological polar surface area (TPSA) is 40.5 Å². The number of rotatable bonds is 3. The van der Waals surface area contributed by atoms with Gasteiger partial charge < -0.3 is 10.0 Å². The van der Waals surface area contributed by atoms with Gasteiger partial charge in [-0.05, 0) is 19.4 Å². The zero-order valence-electron chi connectivity index (χ0n) is 8.49. The van der Waals surface area contributed by atoms with Crippen molar-refractivity contribution in [1.82, 2.24) is 4.90 Å². The van der Waals surface area contributed by atoms with Crippen molar-refractivity contribution in [3.63, 3.8) is 0 Å². The van der Waals surface area contributed by atoms with Crippen LogP contribution in [0, 0.1) is 5.92 Å². The summed E-state index contributed by atoms with van der Waals surface area (Å²) in [4.78, 5) is 13.3. The average molecular weight is 185 g/mol. The molecule has 1 fully saturated rings. The molecule has 3 nitrogen and oxygen atoms in total. The van der Waals surface area contributed by atoms with Crippen molar-refractivity contribution in [1.29, 1.82) is 0 Å². The van der Waals surface area contributed by atoms with Crippen LogP contribution in [0.2, 0.25) is 0 Å². The van der Waals surface area contributed by atoms with E-state index in [4.69, 9.17) is 5.11 Å². The number of hydrogen-bond acceptors (Lipinski definition) is 3. The van der Waals surface area contributed by atoms with E-state index in [1.54, 1.807) is 0 Å². The first-order chi connectivity index (χ1) is 6.15. The summed E-state index contributed by atoms with van der Waals surface area (Å²) in [6.07, 6.45) is 2.40. The molecule has 0 radical (unpaired) electrons. The summed E-state index contributed by atoms with van der Waals surface area (Å²) in [5, 5.41) is 8.79. The molecule has 0 spiro atoms. The van der Waals surface area contributed by atoms with Gasteiger partial charge in [0.15, 0.2) is 0 Å². The molecule has 0 bridgehead atoms. The number of hydrogen-bond donors (Lipinski definition) is 1. The monoisotopic (exact) mass is 185 g/mol. The van der Waals surface area contributed by atoms with E-state index in [1.165, 1.54) is 0 Å². The van der Waals surface area contributed by atoms with Crippen LogP contribution >= 0.6 is 0 Å². The van der Waals surface area contributed by atoms with Gasteiger partial charge in [-0.1, -0.05) is 6.92 Å². The lowest BCUT2D eigenvalue weighted by Gasteiger charge is -2.35. The molecular formula is C10H19NO2. The Hall–Kier alpha value is -0.410. The standard InChI is InChI=1S/C10H19NO2/c1-8-3-4-9(13)7-10(8)11(2)5-6-12/h8,10,12H,3-7H2,1-2H3. The molecule has 1 aliphatic carbocycles. The van der Waals surface area contributed by atoms with Crippen molar-refractivity contribution in [3.05, 3.63) is 0 Å². The Balaban J connectivity index is 2.49. The maximum atomic E-state index is 11.2. The average Bonchev–Trinajstić information content (AvgIpc) is 2.09. The second-order valence-electron chi connectivity index (χ2n) is 4.03. The molecule has 0 heterocycles. The van der Waals surface area contributed by atoms with Crippen LogP contribution in [0.4, 0.5) is 0 Å². The van der Waals surface area contributed by atoms with Crippen molar-refractivity contribution in [2.75, 3.05) is 20.2 Å². The van der Waals surface area contributed by atoms with Crippen molar-refractivity contribution in [2.45, 2.75) is 32.2 Å². The van der Waals surface area contributed by atoms with E-state index in [9.17, 15) is 4.79 Å². The lowest BCUT2D eigenvalue weighted by molar-refractivity contribution is -0.123. The van der Waals surface area contributed by atoms with Gasteiger partial charge in [0.2, 0.25) is 0 Å². The predicted octanol–water partition coefficient (Wildman–Crippen LogP) is 0.668. The van der Waals surface area contributed by atoms with E-state index in [-0.39, 0.29) is 6.61 Å². The molecule has 1 saturated carbocycles. The number of likely N-dealkylation sites (N-methyl/N-ethyl adjacent to an activating group) is 1. The molecule has 1 N–H and O–H groups in total. The minimum atomic E-state index is 0.175. The van der Waals surface area contributed by atoms with Crippen molar-refractivity contribution >= 4 is 5.78 Å². The third-order valence-corrected chi connectivity index (χ3v) is 2.99. The predicted molar refractivity (Wildman–Crippen MR) is 51.5 cm³/mol. The maximum absolute atomic E-state index is 11.2. The Labute approximate surface area is 79.7 Å². The molecule has 0 aromatic heterocycles. The van der Waals surface area contributed by atoms with Crippen LogP contribution in [-0.2, 0) is 4.79 Å². The lowest BCUT2D eigenvalue weighted by Crippen LogP contribution is -2.42. The van der Waals surface area contributed by atoms with Gasteiger partial charge in [0.1, 0.15) is 5.78 Å².